The van der Waals surface area contributed by atoms with Gasteiger partial charge in [0.15, 0.2) is 41.5 Å². The maximum Gasteiger partial charge on any atom is 0.409 e. The lowest BCUT2D eigenvalue weighted by Gasteiger charge is -2.29. The SMILES string of the molecule is CC(CC(=O)NCCOCCC(=O)N(C)CCN(C)C(=O)CCC(C)(C)SSCCOC(=O)N(C)CCCC(=O)O[C@@H]1[C@@H]2OP(O)(=S)OC[C@H]3O[C@@H](n4cnc5c(N)ncnc54)[C@H](OP(O)(=S)OC[C@H]2O[C@H]1n1cnc2c(N)ncnc21)[C@@H]3O)C(=O)O. The van der Waals surface area contributed by atoms with E-state index in [1.54, 1.807) is 29.8 Å². The van der Waals surface area contributed by atoms with Crippen molar-refractivity contribution in [3.05, 3.63) is 25.3 Å². The molecule has 39 heteroatoms. The second-order valence-corrected chi connectivity index (χ2v) is 29.7. The van der Waals surface area contributed by atoms with Crippen molar-refractivity contribution in [2.24, 2.45) is 5.92 Å². The third-order valence-electron chi connectivity index (χ3n) is 13.9. The molecule has 482 valence electrons. The number of anilines is 2. The number of hydrogen-bond acceptors (Lipinski definition) is 28. The number of fused-ring (bicyclic) bond motifs is 5. The molecule has 0 aromatic carbocycles. The van der Waals surface area contributed by atoms with Crippen molar-refractivity contribution in [3.8, 4) is 0 Å². The number of nitrogens with zero attached hydrogens (tertiary/aromatic N) is 11. The highest BCUT2D eigenvalue weighted by Gasteiger charge is 2.54. The third kappa shape index (κ3) is 19.2. The highest BCUT2D eigenvalue weighted by atomic mass is 33.1. The number of carbonyl (C=O) groups excluding carboxylic acids is 5. The molecule has 87 heavy (non-hydrogen) atoms. The molecular formula is C48H72N14O19P2S4. The molecule has 7 heterocycles. The van der Waals surface area contributed by atoms with E-state index < -0.39 is 106 Å². The molecule has 11 atom stereocenters. The van der Waals surface area contributed by atoms with E-state index in [0.29, 0.717) is 25.3 Å². The molecule has 3 unspecified atom stereocenters. The number of aromatic nitrogens is 8. The van der Waals surface area contributed by atoms with Crippen LogP contribution in [0.3, 0.4) is 0 Å². The van der Waals surface area contributed by atoms with E-state index >= 15 is 0 Å². The Hall–Kier alpha value is -5.08. The predicted octanol–water partition coefficient (Wildman–Crippen LogP) is 1.49. The number of hydrogen-bond donors (Lipinski definition) is 7. The van der Waals surface area contributed by atoms with Crippen molar-refractivity contribution in [1.29, 1.82) is 0 Å². The fourth-order valence-corrected chi connectivity index (χ4v) is 14.2. The van der Waals surface area contributed by atoms with Crippen LogP contribution in [0.15, 0.2) is 25.3 Å². The van der Waals surface area contributed by atoms with Crippen molar-refractivity contribution >= 4 is 128 Å². The van der Waals surface area contributed by atoms with Gasteiger partial charge < -0.3 is 84.2 Å². The van der Waals surface area contributed by atoms with Gasteiger partial charge in [0.25, 0.3) is 0 Å². The first-order valence-electron chi connectivity index (χ1n) is 27.2. The summed E-state index contributed by atoms with van der Waals surface area (Å²) in [5.41, 5.74) is 12.8. The second kappa shape index (κ2) is 31.1. The lowest BCUT2D eigenvalue weighted by Crippen LogP contribution is -2.39. The molecule has 3 aliphatic heterocycles. The van der Waals surface area contributed by atoms with Crippen LogP contribution in [0, 0.1) is 5.92 Å². The zero-order valence-electron chi connectivity index (χ0n) is 48.3. The first-order chi connectivity index (χ1) is 41.1. The molecule has 3 aliphatic rings. The summed E-state index contributed by atoms with van der Waals surface area (Å²) in [7, 11) is 7.86. The van der Waals surface area contributed by atoms with Gasteiger partial charge in [-0.3, -0.25) is 42.2 Å². The lowest BCUT2D eigenvalue weighted by molar-refractivity contribution is -0.158. The Morgan fingerprint density at radius 1 is 0.793 bits per heavy atom. The van der Waals surface area contributed by atoms with Gasteiger partial charge in [-0.1, -0.05) is 28.5 Å². The number of nitrogen functional groups attached to an aromatic ring is 2. The number of aliphatic hydroxyl groups excluding tert-OH is 1. The molecule has 4 amide bonds. The fourth-order valence-electron chi connectivity index (χ4n) is 8.91. The summed E-state index contributed by atoms with van der Waals surface area (Å²) in [6.07, 6.45) is -6.20. The minimum atomic E-state index is -4.41. The summed E-state index contributed by atoms with van der Waals surface area (Å²) in [5.74, 6) is -2.77. The average molecular weight is 1340 g/mol. The molecule has 0 saturated carbocycles. The summed E-state index contributed by atoms with van der Waals surface area (Å²) in [5, 5.41) is 23.0. The van der Waals surface area contributed by atoms with Gasteiger partial charge in [-0.25, -0.2) is 34.7 Å². The Morgan fingerprint density at radius 3 is 1.99 bits per heavy atom. The number of rotatable bonds is 27. The van der Waals surface area contributed by atoms with Gasteiger partial charge in [-0.15, -0.1) is 0 Å². The van der Waals surface area contributed by atoms with E-state index in [1.165, 1.54) is 69.0 Å². The predicted molar refractivity (Wildman–Crippen MR) is 320 cm³/mol. The van der Waals surface area contributed by atoms with E-state index in [2.05, 4.69) is 35.2 Å². The highest BCUT2D eigenvalue weighted by molar-refractivity contribution is 8.77. The molecule has 9 N–H and O–H groups in total. The highest BCUT2D eigenvalue weighted by Crippen LogP contribution is 2.54. The number of carboxylic acid groups (broad SMARTS) is 1. The molecule has 3 fully saturated rings. The Bertz CT molecular complexity index is 3170. The quantitative estimate of drug-likeness (QED) is 0.0192. The van der Waals surface area contributed by atoms with E-state index in [-0.39, 0.29) is 116 Å². The molecule has 0 spiro atoms. The fraction of sp³-hybridized carbons (Fsp3) is 0.667. The number of imidazole rings is 2. The first kappa shape index (κ1) is 69.4. The lowest BCUT2D eigenvalue weighted by atomic mass is 10.1. The van der Waals surface area contributed by atoms with Gasteiger partial charge in [0.05, 0.1) is 51.4 Å². The number of amides is 4. The number of nitrogens with one attached hydrogen (secondary N) is 1. The monoisotopic (exact) mass is 1340 g/mol. The van der Waals surface area contributed by atoms with Crippen LogP contribution in [0.4, 0.5) is 16.4 Å². The summed E-state index contributed by atoms with van der Waals surface area (Å²) < 4.78 is 55.6. The number of esters is 1. The third-order valence-corrected chi connectivity index (χ3v) is 20.3. The number of likely N-dealkylation sites (N-methyl/N-ethyl adjacent to an activating group) is 2. The minimum Gasteiger partial charge on any atom is -0.481 e. The van der Waals surface area contributed by atoms with Gasteiger partial charge in [0.1, 0.15) is 60.8 Å². The van der Waals surface area contributed by atoms with Gasteiger partial charge >= 0.3 is 31.5 Å². The Balaban J connectivity index is 0.852. The van der Waals surface area contributed by atoms with Gasteiger partial charge in [-0.2, -0.15) is 0 Å². The van der Waals surface area contributed by atoms with Crippen molar-refractivity contribution in [2.75, 3.05) is 97.6 Å². The molecule has 0 radical (unpaired) electrons. The van der Waals surface area contributed by atoms with Crippen LogP contribution in [0.25, 0.3) is 22.3 Å². The summed E-state index contributed by atoms with van der Waals surface area (Å²) in [6.45, 7) is -3.26. The molecule has 33 nitrogen and oxygen atoms in total. The van der Waals surface area contributed by atoms with Crippen LogP contribution in [-0.4, -0.2) is 237 Å². The Labute approximate surface area is 517 Å². The zero-order valence-corrected chi connectivity index (χ0v) is 53.4. The van der Waals surface area contributed by atoms with E-state index in [1.807, 2.05) is 13.8 Å². The van der Waals surface area contributed by atoms with Crippen LogP contribution in [-0.2, 0) is 89.4 Å². The molecule has 4 aromatic rings. The van der Waals surface area contributed by atoms with Crippen LogP contribution >= 0.6 is 35.0 Å². The number of carboxylic acids is 1. The normalized spacial score (nSPS) is 25.3. The molecular weight excluding hydrogens is 1270 g/mol. The topological polar surface area (TPSA) is 427 Å². The molecule has 7 rings (SSSR count). The summed E-state index contributed by atoms with van der Waals surface area (Å²) in [4.78, 5) is 128. The molecule has 0 aliphatic carbocycles. The molecule has 2 bridgehead atoms. The Morgan fingerprint density at radius 2 is 1.37 bits per heavy atom. The van der Waals surface area contributed by atoms with E-state index in [4.69, 9.17) is 82.0 Å². The summed E-state index contributed by atoms with van der Waals surface area (Å²) >= 11 is 10.9. The van der Waals surface area contributed by atoms with Crippen molar-refractivity contribution in [2.45, 2.75) is 113 Å². The minimum absolute atomic E-state index is 0.0276. The van der Waals surface area contributed by atoms with Gasteiger partial charge in [-0.05, 0) is 50.3 Å². The Kier molecular flexibility index (Phi) is 24.8. The summed E-state index contributed by atoms with van der Waals surface area (Å²) in [6, 6.07) is 0. The van der Waals surface area contributed by atoms with Crippen LogP contribution < -0.4 is 16.8 Å². The van der Waals surface area contributed by atoms with Gasteiger partial charge in [0.2, 0.25) is 17.7 Å². The maximum absolute atomic E-state index is 13.8. The smallest absolute Gasteiger partial charge is 0.409 e. The number of ether oxygens (including phenoxy) is 5. The van der Waals surface area contributed by atoms with Crippen LogP contribution in [0.1, 0.15) is 71.8 Å². The van der Waals surface area contributed by atoms with E-state index in [0.717, 1.165) is 0 Å². The number of carbonyl (C=O) groups is 6. The number of nitrogens with two attached hydrogens (primary N) is 2. The van der Waals surface area contributed by atoms with E-state index in [9.17, 15) is 43.7 Å². The number of aliphatic hydroxyl groups is 1. The first-order valence-corrected chi connectivity index (χ1v) is 34.7. The largest absolute Gasteiger partial charge is 0.481 e. The van der Waals surface area contributed by atoms with Gasteiger partial charge in [0, 0.05) is 77.1 Å². The van der Waals surface area contributed by atoms with Crippen LogP contribution in [0.2, 0.25) is 0 Å². The molecule has 4 aromatic heterocycles. The average Bonchev–Trinajstić information content (AvgIpc) is 2.08. The maximum atomic E-state index is 13.8. The standard InChI is InChI=1S/C48H72N14O19P2S4/c1-27(46(68)69)20-30(63)51-12-17-73-16-10-32(65)59(5)15-14-58(4)31(64)9-11-48(2,3)87-86-19-18-74-47(70)60(6)13-7-8-33(66)79-39-37-29(78-45(39)62-26-57-35-41(50)53-24-55-43(35)62)22-76-83(72,85)81-38-36(67)28(21-75-82(71,84)80-37)77-44(38)61-25-56-34-40(49)52-23-54-42(34)61/h23-29,36-39,44-45,67H,7-22H2,1-6H3,(H,51,63)(H,68,69)(H,71,84)(H,72,85)(H2,49,52,54)(H2,50,53,55)/t27?,28-,29-,36-,37-,38-,39-,44-,45-,82?,83?/m1/s1. The van der Waals surface area contributed by atoms with Crippen molar-refractivity contribution < 1.29 is 90.5 Å². The molecule has 3 saturated heterocycles. The van der Waals surface area contributed by atoms with Crippen molar-refractivity contribution in [3.63, 3.8) is 0 Å². The zero-order chi connectivity index (χ0) is 63.4. The number of aliphatic carboxylic acids is 1. The second-order valence-electron chi connectivity index (χ2n) is 21.0. The van der Waals surface area contributed by atoms with Crippen LogP contribution in [0.5, 0.6) is 0 Å². The van der Waals surface area contributed by atoms with Crippen molar-refractivity contribution in [1.82, 2.24) is 59.1 Å².